The highest BCUT2D eigenvalue weighted by Crippen LogP contribution is 2.26. The highest BCUT2D eigenvalue weighted by molar-refractivity contribution is 9.10. The third kappa shape index (κ3) is 3.21. The molecule has 0 unspecified atom stereocenters. The van der Waals surface area contributed by atoms with Crippen molar-refractivity contribution in [3.05, 3.63) is 28.8 Å². The van der Waals surface area contributed by atoms with Crippen LogP contribution in [0.25, 0.3) is 0 Å². The average Bonchev–Trinajstić information content (AvgIpc) is 2.76. The molecular formula is C10H10BrN3O2S. The highest BCUT2D eigenvalue weighted by atomic mass is 79.9. The maximum Gasteiger partial charge on any atom is 0.298 e. The summed E-state index contributed by atoms with van der Waals surface area (Å²) >= 11 is 4.51. The first kappa shape index (κ1) is 12.4. The van der Waals surface area contributed by atoms with E-state index in [-0.39, 0.29) is 6.10 Å². The van der Waals surface area contributed by atoms with Crippen LogP contribution in [0.3, 0.4) is 0 Å². The zero-order valence-corrected chi connectivity index (χ0v) is 11.7. The van der Waals surface area contributed by atoms with Crippen molar-refractivity contribution in [2.75, 3.05) is 7.11 Å². The van der Waals surface area contributed by atoms with Crippen LogP contribution >= 0.6 is 27.5 Å². The third-order valence-corrected chi connectivity index (χ3v) is 3.07. The Morgan fingerprint density at radius 2 is 2.24 bits per heavy atom. The largest absolute Gasteiger partial charge is 0.428 e. The molecule has 0 radical (unpaired) electrons. The van der Waals surface area contributed by atoms with E-state index in [9.17, 15) is 0 Å². The molecule has 1 atom stereocenters. The Bertz CT molecular complexity index is 506. The van der Waals surface area contributed by atoms with E-state index < -0.39 is 0 Å². The Kier molecular flexibility index (Phi) is 4.03. The molecule has 2 rings (SSSR count). The van der Waals surface area contributed by atoms with Crippen LogP contribution in [0, 0.1) is 0 Å². The Morgan fingerprint density at radius 3 is 2.94 bits per heavy atom. The van der Waals surface area contributed by atoms with Crippen molar-refractivity contribution in [2.45, 2.75) is 13.0 Å². The van der Waals surface area contributed by atoms with Gasteiger partial charge in [0.25, 0.3) is 5.19 Å². The van der Waals surface area contributed by atoms with Gasteiger partial charge in [-0.25, -0.2) is 0 Å². The van der Waals surface area contributed by atoms with Gasteiger partial charge in [0, 0.05) is 29.3 Å². The Hall–Kier alpha value is -1.05. The fraction of sp³-hybridized carbons (Fsp3) is 0.300. The number of halogens is 1. The lowest BCUT2D eigenvalue weighted by atomic mass is 10.4. The molecule has 0 saturated heterocycles. The van der Waals surface area contributed by atoms with Gasteiger partial charge in [-0.1, -0.05) is 0 Å². The number of aromatic nitrogens is 3. The van der Waals surface area contributed by atoms with Gasteiger partial charge in [0.05, 0.1) is 6.20 Å². The van der Waals surface area contributed by atoms with Gasteiger partial charge in [0.2, 0.25) is 0 Å². The summed E-state index contributed by atoms with van der Waals surface area (Å²) in [7, 11) is 1.62. The second-order valence-corrected chi connectivity index (χ2v) is 4.87. The van der Waals surface area contributed by atoms with Crippen LogP contribution in [0.15, 0.2) is 22.9 Å². The number of hydrogen-bond donors (Lipinski definition) is 0. The predicted octanol–water partition coefficient (Wildman–Crippen LogP) is 3.20. The van der Waals surface area contributed by atoms with E-state index in [1.165, 1.54) is 11.5 Å². The molecule has 0 N–H and O–H groups in total. The smallest absolute Gasteiger partial charge is 0.298 e. The van der Waals surface area contributed by atoms with Gasteiger partial charge in [-0.2, -0.15) is 9.36 Å². The normalized spacial score (nSPS) is 12.4. The molecule has 17 heavy (non-hydrogen) atoms. The fourth-order valence-corrected chi connectivity index (χ4v) is 2.05. The van der Waals surface area contributed by atoms with Crippen molar-refractivity contribution in [3.8, 4) is 10.9 Å². The second kappa shape index (κ2) is 5.52. The Labute approximate surface area is 111 Å². The van der Waals surface area contributed by atoms with Crippen molar-refractivity contribution in [1.29, 1.82) is 0 Å². The third-order valence-electron chi connectivity index (χ3n) is 2.03. The molecule has 5 nitrogen and oxygen atoms in total. The highest BCUT2D eigenvalue weighted by Gasteiger charge is 2.12. The van der Waals surface area contributed by atoms with Gasteiger partial charge in [0.15, 0.2) is 5.82 Å². The Morgan fingerprint density at radius 1 is 1.41 bits per heavy atom. The predicted molar refractivity (Wildman–Crippen MR) is 67.3 cm³/mol. The van der Waals surface area contributed by atoms with Crippen LogP contribution < -0.4 is 4.74 Å². The van der Waals surface area contributed by atoms with E-state index in [1.807, 2.05) is 13.0 Å². The topological polar surface area (TPSA) is 57.1 Å². The zero-order valence-electron chi connectivity index (χ0n) is 9.25. The molecule has 0 saturated carbocycles. The summed E-state index contributed by atoms with van der Waals surface area (Å²) in [6.45, 7) is 1.88. The molecule has 7 heteroatoms. The summed E-state index contributed by atoms with van der Waals surface area (Å²) in [5.74, 6) is 1.24. The van der Waals surface area contributed by atoms with Gasteiger partial charge in [-0.3, -0.25) is 4.98 Å². The Balaban J connectivity index is 2.11. The summed E-state index contributed by atoms with van der Waals surface area (Å²) in [6.07, 6.45) is 3.17. The van der Waals surface area contributed by atoms with E-state index in [1.54, 1.807) is 19.5 Å². The van der Waals surface area contributed by atoms with Crippen molar-refractivity contribution in [1.82, 2.24) is 14.3 Å². The van der Waals surface area contributed by atoms with Crippen molar-refractivity contribution >= 4 is 27.5 Å². The molecule has 0 aliphatic carbocycles. The van der Waals surface area contributed by atoms with Crippen LogP contribution in [0.1, 0.15) is 18.9 Å². The summed E-state index contributed by atoms with van der Waals surface area (Å²) < 4.78 is 15.7. The first-order valence-electron chi connectivity index (χ1n) is 4.84. The lowest BCUT2D eigenvalue weighted by Gasteiger charge is -2.02. The maximum absolute atomic E-state index is 5.53. The van der Waals surface area contributed by atoms with Crippen LogP contribution in [0.2, 0.25) is 0 Å². The molecule has 2 aromatic heterocycles. The number of hydrogen-bond acceptors (Lipinski definition) is 6. The minimum absolute atomic E-state index is 0.135. The number of ether oxygens (including phenoxy) is 2. The minimum Gasteiger partial charge on any atom is -0.428 e. The first-order chi connectivity index (χ1) is 8.19. The number of rotatable bonds is 4. The lowest BCUT2D eigenvalue weighted by molar-refractivity contribution is 0.113. The number of methoxy groups -OCH3 is 1. The molecule has 90 valence electrons. The fourth-order valence-electron chi connectivity index (χ4n) is 1.08. The van der Waals surface area contributed by atoms with Crippen molar-refractivity contribution in [2.24, 2.45) is 0 Å². The monoisotopic (exact) mass is 315 g/mol. The second-order valence-electron chi connectivity index (χ2n) is 3.24. The molecule has 0 aliphatic heterocycles. The van der Waals surface area contributed by atoms with Gasteiger partial charge >= 0.3 is 0 Å². The van der Waals surface area contributed by atoms with Crippen LogP contribution in [0.4, 0.5) is 0 Å². The van der Waals surface area contributed by atoms with Crippen LogP contribution in [0.5, 0.6) is 10.9 Å². The summed E-state index contributed by atoms with van der Waals surface area (Å²) in [5.41, 5.74) is 0. The van der Waals surface area contributed by atoms with Crippen molar-refractivity contribution < 1.29 is 9.47 Å². The maximum atomic E-state index is 5.53. The van der Waals surface area contributed by atoms with Gasteiger partial charge in [0.1, 0.15) is 11.9 Å². The molecule has 0 spiro atoms. The summed E-state index contributed by atoms with van der Waals surface area (Å²) in [4.78, 5) is 8.22. The van der Waals surface area contributed by atoms with E-state index in [2.05, 4.69) is 30.3 Å². The van der Waals surface area contributed by atoms with E-state index in [0.29, 0.717) is 16.8 Å². The molecule has 2 heterocycles. The van der Waals surface area contributed by atoms with Crippen LogP contribution in [-0.4, -0.2) is 21.5 Å². The van der Waals surface area contributed by atoms with Gasteiger partial charge in [-0.15, -0.1) is 0 Å². The van der Waals surface area contributed by atoms with Gasteiger partial charge < -0.3 is 9.47 Å². The average molecular weight is 316 g/mol. The summed E-state index contributed by atoms with van der Waals surface area (Å²) in [6, 6.07) is 1.81. The molecule has 2 aromatic rings. The minimum atomic E-state index is -0.135. The summed E-state index contributed by atoms with van der Waals surface area (Å²) in [5, 5.41) is 0.476. The molecular weight excluding hydrogens is 306 g/mol. The molecule has 0 bridgehead atoms. The first-order valence-corrected chi connectivity index (χ1v) is 6.40. The van der Waals surface area contributed by atoms with E-state index in [0.717, 1.165) is 4.47 Å². The standard InChI is InChI=1S/C10H10BrN3O2S/c1-6(15-2)9-13-10(17-14-9)16-8-3-7(11)4-12-5-8/h3-6H,1-2H3/t6-/m0/s1. The van der Waals surface area contributed by atoms with Crippen LogP contribution in [-0.2, 0) is 4.74 Å². The molecule has 0 aromatic carbocycles. The zero-order chi connectivity index (χ0) is 12.3. The van der Waals surface area contributed by atoms with Gasteiger partial charge in [-0.05, 0) is 28.9 Å². The quantitative estimate of drug-likeness (QED) is 0.867. The molecule has 0 amide bonds. The lowest BCUT2D eigenvalue weighted by Crippen LogP contribution is -1.97. The van der Waals surface area contributed by atoms with E-state index >= 15 is 0 Å². The SMILES string of the molecule is CO[C@@H](C)c1nsc(Oc2cncc(Br)c2)n1. The number of pyridine rings is 1. The van der Waals surface area contributed by atoms with Crippen molar-refractivity contribution in [3.63, 3.8) is 0 Å². The molecule has 0 fully saturated rings. The number of nitrogens with zero attached hydrogens (tertiary/aromatic N) is 3. The molecule has 0 aliphatic rings. The van der Waals surface area contributed by atoms with E-state index in [4.69, 9.17) is 9.47 Å².